The zero-order valence-corrected chi connectivity index (χ0v) is 15.0. The summed E-state index contributed by atoms with van der Waals surface area (Å²) < 4.78 is 44.8. The van der Waals surface area contributed by atoms with E-state index in [1.807, 2.05) is 0 Å². The average Bonchev–Trinajstić information content (AvgIpc) is 2.96. The number of nitrogens with zero attached hydrogens (tertiary/aromatic N) is 2. The number of hydrogen-bond donors (Lipinski definition) is 1. The third kappa shape index (κ3) is 3.80. The van der Waals surface area contributed by atoms with E-state index in [-0.39, 0.29) is 24.6 Å². The van der Waals surface area contributed by atoms with Crippen LogP contribution < -0.4 is 5.32 Å². The second-order valence-electron chi connectivity index (χ2n) is 5.28. The van der Waals surface area contributed by atoms with E-state index < -0.39 is 21.9 Å². The van der Waals surface area contributed by atoms with Crippen molar-refractivity contribution >= 4 is 32.6 Å². The Bertz CT molecular complexity index is 898. The van der Waals surface area contributed by atoms with Gasteiger partial charge >= 0.3 is 6.09 Å². The molecule has 0 aliphatic carbocycles. The van der Waals surface area contributed by atoms with Crippen LogP contribution in [0.2, 0.25) is 0 Å². The number of aromatic nitrogens is 1. The second-order valence-corrected chi connectivity index (χ2v) is 8.30. The van der Waals surface area contributed by atoms with Gasteiger partial charge in [-0.15, -0.1) is 0 Å². The molecule has 1 aromatic heterocycles. The van der Waals surface area contributed by atoms with Gasteiger partial charge in [0.2, 0.25) is 10.0 Å². The third-order valence-electron chi connectivity index (χ3n) is 3.61. The molecule has 2 heterocycles. The molecular formula is C15H16FN3O4S2. The van der Waals surface area contributed by atoms with Crippen LogP contribution in [0.15, 0.2) is 29.2 Å². The number of hydrogen-bond acceptors (Lipinski definition) is 6. The van der Waals surface area contributed by atoms with Crippen LogP contribution in [0, 0.1) is 5.82 Å². The largest absolute Gasteiger partial charge is 0.450 e. The van der Waals surface area contributed by atoms with Gasteiger partial charge in [0, 0.05) is 17.8 Å². The SMILES string of the molecule is CCOC(=O)Nc1nc2c(s1)CN(S(=O)(=O)c1cccc(F)c1)CC2. The van der Waals surface area contributed by atoms with Gasteiger partial charge in [-0.2, -0.15) is 4.31 Å². The Kier molecular flexibility index (Phi) is 5.02. The summed E-state index contributed by atoms with van der Waals surface area (Å²) in [6.07, 6.45) is -0.178. The number of ether oxygens (including phenoxy) is 1. The van der Waals surface area contributed by atoms with Crippen molar-refractivity contribution in [2.24, 2.45) is 0 Å². The van der Waals surface area contributed by atoms with Gasteiger partial charge in [0.1, 0.15) is 5.82 Å². The molecule has 0 saturated heterocycles. The Balaban J connectivity index is 1.79. The summed E-state index contributed by atoms with van der Waals surface area (Å²) in [7, 11) is -3.79. The fraction of sp³-hybridized carbons (Fsp3) is 0.333. The van der Waals surface area contributed by atoms with Gasteiger partial charge < -0.3 is 4.74 Å². The Morgan fingerprint density at radius 3 is 3.00 bits per heavy atom. The van der Waals surface area contributed by atoms with Gasteiger partial charge in [0.15, 0.2) is 5.13 Å². The quantitative estimate of drug-likeness (QED) is 0.874. The lowest BCUT2D eigenvalue weighted by atomic mass is 10.2. The molecule has 1 aliphatic rings. The first-order valence-electron chi connectivity index (χ1n) is 7.58. The van der Waals surface area contributed by atoms with E-state index in [9.17, 15) is 17.6 Å². The minimum atomic E-state index is -3.79. The van der Waals surface area contributed by atoms with E-state index in [0.717, 1.165) is 16.6 Å². The highest BCUT2D eigenvalue weighted by atomic mass is 32.2. The van der Waals surface area contributed by atoms with E-state index >= 15 is 0 Å². The van der Waals surface area contributed by atoms with Gasteiger partial charge in [-0.05, 0) is 25.1 Å². The highest BCUT2D eigenvalue weighted by Crippen LogP contribution is 2.31. The van der Waals surface area contributed by atoms with Gasteiger partial charge in [0.05, 0.1) is 23.7 Å². The van der Waals surface area contributed by atoms with Crippen LogP contribution in [0.5, 0.6) is 0 Å². The number of fused-ring (bicyclic) bond motifs is 1. The average molecular weight is 385 g/mol. The molecular weight excluding hydrogens is 369 g/mol. The molecule has 0 bridgehead atoms. The molecule has 0 fully saturated rings. The zero-order chi connectivity index (χ0) is 18.0. The predicted molar refractivity (Wildman–Crippen MR) is 90.5 cm³/mol. The van der Waals surface area contributed by atoms with Gasteiger partial charge in [-0.1, -0.05) is 17.4 Å². The van der Waals surface area contributed by atoms with Crippen molar-refractivity contribution in [1.29, 1.82) is 0 Å². The maximum Gasteiger partial charge on any atom is 0.413 e. The summed E-state index contributed by atoms with van der Waals surface area (Å²) in [5.74, 6) is -0.600. The molecule has 2 aromatic rings. The highest BCUT2D eigenvalue weighted by molar-refractivity contribution is 7.89. The number of thiazole rings is 1. The topological polar surface area (TPSA) is 88.6 Å². The highest BCUT2D eigenvalue weighted by Gasteiger charge is 2.30. The minimum Gasteiger partial charge on any atom is -0.450 e. The summed E-state index contributed by atoms with van der Waals surface area (Å²) >= 11 is 1.20. The summed E-state index contributed by atoms with van der Waals surface area (Å²) in [5.41, 5.74) is 0.752. The van der Waals surface area contributed by atoms with Crippen LogP contribution in [0.1, 0.15) is 17.5 Å². The van der Waals surface area contributed by atoms with Crippen molar-refractivity contribution in [2.45, 2.75) is 24.8 Å². The summed E-state index contributed by atoms with van der Waals surface area (Å²) in [4.78, 5) is 16.4. The van der Waals surface area contributed by atoms with E-state index in [1.54, 1.807) is 6.92 Å². The lowest BCUT2D eigenvalue weighted by Crippen LogP contribution is -2.35. The van der Waals surface area contributed by atoms with Crippen LogP contribution in [-0.2, 0) is 27.7 Å². The number of carbonyl (C=O) groups is 1. The van der Waals surface area contributed by atoms with Crippen molar-refractivity contribution in [3.05, 3.63) is 40.7 Å². The monoisotopic (exact) mass is 385 g/mol. The molecule has 1 aromatic carbocycles. The van der Waals surface area contributed by atoms with E-state index in [2.05, 4.69) is 10.3 Å². The molecule has 0 atom stereocenters. The first kappa shape index (κ1) is 17.8. The molecule has 10 heteroatoms. The lowest BCUT2D eigenvalue weighted by molar-refractivity contribution is 0.168. The second kappa shape index (κ2) is 7.06. The van der Waals surface area contributed by atoms with Crippen molar-refractivity contribution < 1.29 is 22.3 Å². The number of halogens is 1. The van der Waals surface area contributed by atoms with Crippen molar-refractivity contribution in [1.82, 2.24) is 9.29 Å². The molecule has 0 saturated carbocycles. The lowest BCUT2D eigenvalue weighted by Gasteiger charge is -2.25. The third-order valence-corrected chi connectivity index (χ3v) is 6.45. The van der Waals surface area contributed by atoms with E-state index in [1.165, 1.54) is 33.8 Å². The molecule has 0 radical (unpaired) electrons. The molecule has 134 valence electrons. The number of benzene rings is 1. The Labute approximate surface area is 148 Å². The number of nitrogens with one attached hydrogen (secondary N) is 1. The molecule has 3 rings (SSSR count). The van der Waals surface area contributed by atoms with Crippen molar-refractivity contribution in [3.8, 4) is 0 Å². The Hall–Kier alpha value is -2.04. The van der Waals surface area contributed by atoms with Gasteiger partial charge in [-0.25, -0.2) is 22.6 Å². The van der Waals surface area contributed by atoms with E-state index in [4.69, 9.17) is 4.74 Å². The summed E-state index contributed by atoms with van der Waals surface area (Å²) in [6.45, 7) is 2.32. The van der Waals surface area contributed by atoms with Crippen LogP contribution in [0.4, 0.5) is 14.3 Å². The predicted octanol–water partition coefficient (Wildman–Crippen LogP) is 2.60. The van der Waals surface area contributed by atoms with Gasteiger partial charge in [-0.3, -0.25) is 5.32 Å². The molecule has 7 nitrogen and oxygen atoms in total. The summed E-state index contributed by atoms with van der Waals surface area (Å²) in [5, 5.41) is 2.89. The Morgan fingerprint density at radius 1 is 1.48 bits per heavy atom. The van der Waals surface area contributed by atoms with Crippen LogP contribution in [0.25, 0.3) is 0 Å². The first-order chi connectivity index (χ1) is 11.9. The normalized spacial score (nSPS) is 14.8. The van der Waals surface area contributed by atoms with Gasteiger partial charge in [0.25, 0.3) is 0 Å². The Morgan fingerprint density at radius 2 is 2.28 bits per heavy atom. The first-order valence-corrected chi connectivity index (χ1v) is 9.84. The molecule has 25 heavy (non-hydrogen) atoms. The molecule has 0 unspecified atom stereocenters. The smallest absolute Gasteiger partial charge is 0.413 e. The number of anilines is 1. The van der Waals surface area contributed by atoms with Crippen LogP contribution >= 0.6 is 11.3 Å². The standard InChI is InChI=1S/C15H16FN3O4S2/c1-2-23-15(20)18-14-17-12-6-7-19(9-13(12)24-14)25(21,22)11-5-3-4-10(16)8-11/h3-5,8H,2,6-7,9H2,1H3,(H,17,18,20). The maximum atomic E-state index is 13.3. The zero-order valence-electron chi connectivity index (χ0n) is 13.4. The molecule has 0 spiro atoms. The fourth-order valence-corrected chi connectivity index (χ4v) is 4.99. The van der Waals surface area contributed by atoms with Crippen LogP contribution in [0.3, 0.4) is 0 Å². The molecule has 1 N–H and O–H groups in total. The molecule has 1 aliphatic heterocycles. The number of sulfonamides is 1. The maximum absolute atomic E-state index is 13.3. The van der Waals surface area contributed by atoms with E-state index in [0.29, 0.717) is 11.6 Å². The van der Waals surface area contributed by atoms with Crippen molar-refractivity contribution in [3.63, 3.8) is 0 Å². The van der Waals surface area contributed by atoms with Crippen LogP contribution in [-0.4, -0.2) is 37.0 Å². The summed E-state index contributed by atoms with van der Waals surface area (Å²) in [6, 6.07) is 4.94. The fourth-order valence-electron chi connectivity index (χ4n) is 2.46. The number of carbonyl (C=O) groups excluding carboxylic acids is 1. The molecule has 1 amide bonds. The van der Waals surface area contributed by atoms with Crippen molar-refractivity contribution in [2.75, 3.05) is 18.5 Å². The number of rotatable bonds is 4. The minimum absolute atomic E-state index is 0.0784. The number of amides is 1.